The van der Waals surface area contributed by atoms with E-state index < -0.39 is 30.9 Å². The second-order valence-corrected chi connectivity index (χ2v) is 1.87. The van der Waals surface area contributed by atoms with Gasteiger partial charge in [-0.3, -0.25) is 4.79 Å². The summed E-state index contributed by atoms with van der Waals surface area (Å²) in [6.07, 6.45) is -2.29. The van der Waals surface area contributed by atoms with Gasteiger partial charge < -0.3 is 9.47 Å². The Kier molecular flexibility index (Phi) is 0.531. The molecule has 0 saturated carbocycles. The molecule has 0 spiro atoms. The Hall–Kier alpha value is -0.410. The predicted molar refractivity (Wildman–Crippen MR) is 28.8 cm³/mol. The molecule has 2 aliphatic heterocycles. The normalized spacial score (nSPS) is 70.0. The zero-order valence-electron chi connectivity index (χ0n) is 8.59. The minimum atomic E-state index is -2.48. The largest absolute Gasteiger partial charge is 0.352 e. The summed E-state index contributed by atoms with van der Waals surface area (Å²) in [6, 6.07) is 0. The Labute approximate surface area is 58.6 Å². The Bertz CT molecular complexity index is 269. The lowest BCUT2D eigenvalue weighted by Gasteiger charge is -2.02. The predicted octanol–water partition coefficient (Wildman–Crippen LogP) is -0.0517. The average molecular weight is 132 g/mol. The van der Waals surface area contributed by atoms with E-state index in [1.165, 1.54) is 0 Å². The number of carbonyl (C=O) groups is 1. The SMILES string of the molecule is [2H]C1CO[C@@H]2OC([2H])([2H])C(=O)[C@]12[2H]. The molecule has 3 atom stereocenters. The van der Waals surface area contributed by atoms with Crippen molar-refractivity contribution >= 4 is 5.78 Å². The van der Waals surface area contributed by atoms with E-state index in [1.807, 2.05) is 0 Å². The van der Waals surface area contributed by atoms with Gasteiger partial charge in [-0.2, -0.15) is 0 Å². The Morgan fingerprint density at radius 3 is 3.44 bits per heavy atom. The molecule has 0 N–H and O–H groups in total. The number of Topliss-reactive ketones (excluding diaryl/α,β-unsaturated/α-hetero) is 1. The highest BCUT2D eigenvalue weighted by Gasteiger charge is 2.40. The fraction of sp³-hybridized carbons (Fsp3) is 0.833. The number of ketones is 1. The van der Waals surface area contributed by atoms with Crippen LogP contribution in [0.1, 0.15) is 11.9 Å². The van der Waals surface area contributed by atoms with E-state index in [-0.39, 0.29) is 6.61 Å². The van der Waals surface area contributed by atoms with Crippen LogP contribution in [-0.4, -0.2) is 25.2 Å². The molecule has 2 heterocycles. The molecule has 2 fully saturated rings. The monoisotopic (exact) mass is 132 g/mol. The Balaban J connectivity index is 2.40. The maximum absolute atomic E-state index is 11.4. The summed E-state index contributed by atoms with van der Waals surface area (Å²) in [5.41, 5.74) is 0. The molecule has 0 aromatic carbocycles. The van der Waals surface area contributed by atoms with Crippen LogP contribution in [0.3, 0.4) is 0 Å². The Morgan fingerprint density at radius 2 is 2.67 bits per heavy atom. The fourth-order valence-electron chi connectivity index (χ4n) is 0.874. The first-order chi connectivity index (χ1) is 5.89. The zero-order valence-corrected chi connectivity index (χ0v) is 4.59. The van der Waals surface area contributed by atoms with E-state index in [2.05, 4.69) is 4.74 Å². The van der Waals surface area contributed by atoms with Gasteiger partial charge in [0.25, 0.3) is 0 Å². The van der Waals surface area contributed by atoms with Crippen LogP contribution in [0.5, 0.6) is 0 Å². The third-order valence-electron chi connectivity index (χ3n) is 1.33. The van der Waals surface area contributed by atoms with Crippen LogP contribution in [0.2, 0.25) is 0 Å². The van der Waals surface area contributed by atoms with Crippen LogP contribution < -0.4 is 0 Å². The van der Waals surface area contributed by atoms with Crippen LogP contribution in [0.4, 0.5) is 0 Å². The molecule has 3 nitrogen and oxygen atoms in total. The van der Waals surface area contributed by atoms with Gasteiger partial charge in [0.2, 0.25) is 0 Å². The van der Waals surface area contributed by atoms with Crippen molar-refractivity contribution in [3.63, 3.8) is 0 Å². The molecule has 2 aliphatic rings. The number of fused-ring (bicyclic) bond motifs is 1. The Morgan fingerprint density at radius 1 is 1.78 bits per heavy atom. The highest BCUT2D eigenvalue weighted by atomic mass is 16.7. The summed E-state index contributed by atoms with van der Waals surface area (Å²) in [5.74, 6) is -2.90. The van der Waals surface area contributed by atoms with Gasteiger partial charge in [0.1, 0.15) is 6.56 Å². The summed E-state index contributed by atoms with van der Waals surface area (Å²) < 4.78 is 38.7. The van der Waals surface area contributed by atoms with Crippen molar-refractivity contribution in [2.45, 2.75) is 12.7 Å². The van der Waals surface area contributed by atoms with E-state index >= 15 is 0 Å². The molecule has 2 rings (SSSR count). The molecule has 0 aromatic rings. The highest BCUT2D eigenvalue weighted by molar-refractivity contribution is 5.84. The summed E-state index contributed by atoms with van der Waals surface area (Å²) in [5, 5.41) is 0. The molecule has 0 bridgehead atoms. The number of hydrogen-bond donors (Lipinski definition) is 0. The summed E-state index contributed by atoms with van der Waals surface area (Å²) in [7, 11) is 0. The third kappa shape index (κ3) is 0.686. The lowest BCUT2D eigenvalue weighted by molar-refractivity contribution is -0.120. The fourth-order valence-corrected chi connectivity index (χ4v) is 0.874. The van der Waals surface area contributed by atoms with Crippen LogP contribution in [0.25, 0.3) is 0 Å². The average Bonchev–Trinajstić information content (AvgIpc) is 2.39. The molecular formula is C6H8O3. The van der Waals surface area contributed by atoms with E-state index in [4.69, 9.17) is 10.2 Å². The van der Waals surface area contributed by atoms with Crippen LogP contribution in [-0.2, 0) is 14.3 Å². The second-order valence-electron chi connectivity index (χ2n) is 1.87. The van der Waals surface area contributed by atoms with Crippen LogP contribution in [0.15, 0.2) is 0 Å². The van der Waals surface area contributed by atoms with Gasteiger partial charge in [-0.05, 0) is 6.40 Å². The maximum atomic E-state index is 11.4. The van der Waals surface area contributed by atoms with E-state index in [9.17, 15) is 4.79 Å². The molecule has 0 radical (unpaired) electrons. The van der Waals surface area contributed by atoms with Gasteiger partial charge in [-0.25, -0.2) is 0 Å². The topological polar surface area (TPSA) is 35.5 Å². The first kappa shape index (κ1) is 2.68. The molecule has 0 aromatic heterocycles. The summed E-state index contributed by atoms with van der Waals surface area (Å²) in [4.78, 5) is 11.4. The smallest absolute Gasteiger partial charge is 0.168 e. The minimum Gasteiger partial charge on any atom is -0.352 e. The van der Waals surface area contributed by atoms with Crippen LogP contribution in [0, 0.1) is 5.89 Å². The van der Waals surface area contributed by atoms with Gasteiger partial charge in [0, 0.05) is 2.74 Å². The molecular weight excluding hydrogens is 120 g/mol. The minimum absolute atomic E-state index is 0.0595. The molecule has 1 unspecified atom stereocenters. The first-order valence-electron chi connectivity index (χ1n) is 4.73. The van der Waals surface area contributed by atoms with Crippen molar-refractivity contribution in [3.05, 3.63) is 0 Å². The molecule has 3 heteroatoms. The first-order valence-corrected chi connectivity index (χ1v) is 2.65. The number of ether oxygens (including phenoxy) is 2. The van der Waals surface area contributed by atoms with Gasteiger partial charge in [-0.1, -0.05) is 0 Å². The number of rotatable bonds is 0. The van der Waals surface area contributed by atoms with Crippen molar-refractivity contribution in [1.29, 1.82) is 0 Å². The highest BCUT2D eigenvalue weighted by Crippen LogP contribution is 2.27. The lowest BCUT2D eigenvalue weighted by atomic mass is 10.1. The van der Waals surface area contributed by atoms with Crippen molar-refractivity contribution in [3.8, 4) is 0 Å². The third-order valence-corrected chi connectivity index (χ3v) is 1.33. The number of hydrogen-bond acceptors (Lipinski definition) is 3. The standard InChI is InChI=1S/C6H8O3/c7-5-3-9-6-4(5)1-2-8-6/h4,6H,1-3H2/t4-,6+/m0/s1/i1D,3D2,4D/t1?,4-,6+. The zero-order chi connectivity index (χ0) is 9.85. The summed E-state index contributed by atoms with van der Waals surface area (Å²) >= 11 is 0. The lowest BCUT2D eigenvalue weighted by Crippen LogP contribution is -2.13. The van der Waals surface area contributed by atoms with E-state index in [1.54, 1.807) is 0 Å². The van der Waals surface area contributed by atoms with Gasteiger partial charge in [-0.15, -0.1) is 0 Å². The van der Waals surface area contributed by atoms with E-state index in [0.29, 0.717) is 0 Å². The quantitative estimate of drug-likeness (QED) is 0.463. The summed E-state index contributed by atoms with van der Waals surface area (Å²) in [6.45, 7) is -2.54. The van der Waals surface area contributed by atoms with Gasteiger partial charge >= 0.3 is 0 Å². The molecule has 9 heavy (non-hydrogen) atoms. The van der Waals surface area contributed by atoms with Crippen LogP contribution >= 0.6 is 0 Å². The molecule has 2 saturated heterocycles. The number of carbonyl (C=O) groups excluding carboxylic acids is 1. The second kappa shape index (κ2) is 1.78. The van der Waals surface area contributed by atoms with Gasteiger partial charge in [0.15, 0.2) is 12.1 Å². The van der Waals surface area contributed by atoms with E-state index in [0.717, 1.165) is 0 Å². The van der Waals surface area contributed by atoms with Crippen molar-refractivity contribution < 1.29 is 19.8 Å². The van der Waals surface area contributed by atoms with Crippen molar-refractivity contribution in [2.24, 2.45) is 5.89 Å². The van der Waals surface area contributed by atoms with Gasteiger partial charge in [0.05, 0.1) is 15.2 Å². The molecule has 50 valence electrons. The molecule has 0 aliphatic carbocycles. The van der Waals surface area contributed by atoms with Crippen molar-refractivity contribution in [1.82, 2.24) is 0 Å². The maximum Gasteiger partial charge on any atom is 0.168 e. The molecule has 0 amide bonds. The van der Waals surface area contributed by atoms with Crippen molar-refractivity contribution in [2.75, 3.05) is 13.2 Å².